The van der Waals surface area contributed by atoms with Gasteiger partial charge in [-0.1, -0.05) is 29.8 Å². The van der Waals surface area contributed by atoms with E-state index in [2.05, 4.69) is 53.6 Å². The van der Waals surface area contributed by atoms with Crippen molar-refractivity contribution in [3.8, 4) is 0 Å². The lowest BCUT2D eigenvalue weighted by atomic mass is 9.99. The summed E-state index contributed by atoms with van der Waals surface area (Å²) in [4.78, 5) is 0. The molecule has 1 aromatic heterocycles. The number of hydrogen-bond acceptors (Lipinski definition) is 2. The first-order chi connectivity index (χ1) is 9.24. The first-order valence-electron chi connectivity index (χ1n) is 7.05. The van der Waals surface area contributed by atoms with Gasteiger partial charge in [0.2, 0.25) is 0 Å². The molecule has 1 aliphatic carbocycles. The van der Waals surface area contributed by atoms with Gasteiger partial charge in [-0.3, -0.25) is 5.10 Å². The largest absolute Gasteiger partial charge is 0.303 e. The van der Waals surface area contributed by atoms with Crippen LogP contribution in [0.25, 0.3) is 0 Å². The molecule has 0 spiro atoms. The van der Waals surface area contributed by atoms with Crippen LogP contribution in [-0.2, 0) is 0 Å². The van der Waals surface area contributed by atoms with E-state index in [1.165, 1.54) is 29.5 Å². The van der Waals surface area contributed by atoms with E-state index in [-0.39, 0.29) is 0 Å². The van der Waals surface area contributed by atoms with Crippen LogP contribution in [0.3, 0.4) is 0 Å². The van der Waals surface area contributed by atoms with Crippen molar-refractivity contribution in [1.82, 2.24) is 15.5 Å². The molecule has 2 N–H and O–H groups in total. The molecular formula is C16H21N3. The Morgan fingerprint density at radius 3 is 2.53 bits per heavy atom. The Morgan fingerprint density at radius 1 is 1.21 bits per heavy atom. The fraction of sp³-hybridized carbons (Fsp3) is 0.438. The Labute approximate surface area is 114 Å². The molecule has 19 heavy (non-hydrogen) atoms. The van der Waals surface area contributed by atoms with E-state index >= 15 is 0 Å². The van der Waals surface area contributed by atoms with Crippen LogP contribution in [0.5, 0.6) is 0 Å². The third kappa shape index (κ3) is 2.87. The van der Waals surface area contributed by atoms with Crippen LogP contribution in [0, 0.1) is 12.8 Å². The number of rotatable bonds is 5. The minimum atomic E-state index is 0.325. The topological polar surface area (TPSA) is 40.7 Å². The van der Waals surface area contributed by atoms with E-state index in [0.29, 0.717) is 12.1 Å². The number of aryl methyl sites for hydroxylation is 1. The summed E-state index contributed by atoms with van der Waals surface area (Å²) < 4.78 is 0. The van der Waals surface area contributed by atoms with Gasteiger partial charge in [0.15, 0.2) is 0 Å². The lowest BCUT2D eigenvalue weighted by Crippen LogP contribution is -2.26. The number of aromatic nitrogens is 2. The molecule has 0 radical (unpaired) electrons. The molecule has 2 atom stereocenters. The molecule has 3 nitrogen and oxygen atoms in total. The van der Waals surface area contributed by atoms with Gasteiger partial charge >= 0.3 is 0 Å². The van der Waals surface area contributed by atoms with E-state index in [0.717, 1.165) is 5.92 Å². The lowest BCUT2D eigenvalue weighted by molar-refractivity contribution is 0.427. The zero-order chi connectivity index (χ0) is 13.2. The molecule has 3 heteroatoms. The van der Waals surface area contributed by atoms with Crippen molar-refractivity contribution in [2.75, 3.05) is 0 Å². The maximum Gasteiger partial charge on any atom is 0.0534 e. The zero-order valence-corrected chi connectivity index (χ0v) is 11.6. The van der Waals surface area contributed by atoms with Gasteiger partial charge < -0.3 is 5.32 Å². The van der Waals surface area contributed by atoms with E-state index in [1.807, 2.05) is 12.4 Å². The Morgan fingerprint density at radius 2 is 1.95 bits per heavy atom. The standard InChI is InChI=1S/C16H21N3/c1-11-3-5-13(6-4-11)16(14-7-8-14)19-12(2)15-9-17-18-10-15/h3-6,9-10,12,14,16,19H,7-8H2,1-2H3,(H,17,18). The van der Waals surface area contributed by atoms with Gasteiger partial charge in [-0.2, -0.15) is 5.10 Å². The fourth-order valence-corrected chi connectivity index (χ4v) is 2.57. The van der Waals surface area contributed by atoms with E-state index in [4.69, 9.17) is 0 Å². The highest BCUT2D eigenvalue weighted by Crippen LogP contribution is 2.42. The maximum atomic E-state index is 4.03. The Hall–Kier alpha value is -1.61. The van der Waals surface area contributed by atoms with Crippen molar-refractivity contribution < 1.29 is 0 Å². The molecular weight excluding hydrogens is 234 g/mol. The summed E-state index contributed by atoms with van der Waals surface area (Å²) in [5.41, 5.74) is 3.95. The van der Waals surface area contributed by atoms with Crippen molar-refractivity contribution in [2.24, 2.45) is 5.92 Å². The highest BCUT2D eigenvalue weighted by Gasteiger charge is 2.33. The van der Waals surface area contributed by atoms with Crippen LogP contribution in [0.15, 0.2) is 36.7 Å². The van der Waals surface area contributed by atoms with E-state index in [1.54, 1.807) is 0 Å². The minimum Gasteiger partial charge on any atom is -0.303 e. The van der Waals surface area contributed by atoms with Crippen molar-refractivity contribution >= 4 is 0 Å². The van der Waals surface area contributed by atoms with E-state index in [9.17, 15) is 0 Å². The second kappa shape index (κ2) is 5.17. The molecule has 1 aliphatic rings. The zero-order valence-electron chi connectivity index (χ0n) is 11.6. The molecule has 3 rings (SSSR count). The molecule has 100 valence electrons. The molecule has 0 aliphatic heterocycles. The average Bonchev–Trinajstić information content (AvgIpc) is 3.10. The highest BCUT2D eigenvalue weighted by molar-refractivity contribution is 5.26. The quantitative estimate of drug-likeness (QED) is 0.858. The number of H-pyrrole nitrogens is 1. The second-order valence-electron chi connectivity index (χ2n) is 5.65. The van der Waals surface area contributed by atoms with Gasteiger partial charge in [-0.15, -0.1) is 0 Å². The first-order valence-corrected chi connectivity index (χ1v) is 7.05. The number of aromatic amines is 1. The number of nitrogens with zero attached hydrogens (tertiary/aromatic N) is 1. The van der Waals surface area contributed by atoms with Gasteiger partial charge in [0, 0.05) is 23.8 Å². The fourth-order valence-electron chi connectivity index (χ4n) is 2.57. The molecule has 0 amide bonds. The van der Waals surface area contributed by atoms with Gasteiger partial charge in [-0.25, -0.2) is 0 Å². The van der Waals surface area contributed by atoms with E-state index < -0.39 is 0 Å². The minimum absolute atomic E-state index is 0.325. The molecule has 1 heterocycles. The van der Waals surface area contributed by atoms with Crippen LogP contribution in [0.1, 0.15) is 48.5 Å². The van der Waals surface area contributed by atoms with Crippen LogP contribution in [0.4, 0.5) is 0 Å². The molecule has 0 bridgehead atoms. The monoisotopic (exact) mass is 255 g/mol. The van der Waals surface area contributed by atoms with Gasteiger partial charge in [0.25, 0.3) is 0 Å². The van der Waals surface area contributed by atoms with Crippen molar-refractivity contribution in [3.05, 3.63) is 53.3 Å². The molecule has 2 unspecified atom stereocenters. The summed E-state index contributed by atoms with van der Waals surface area (Å²) in [5, 5.41) is 10.7. The summed E-state index contributed by atoms with van der Waals surface area (Å²) in [6.07, 6.45) is 6.54. The number of benzene rings is 1. The first kappa shape index (κ1) is 12.4. The Bertz CT molecular complexity index is 511. The van der Waals surface area contributed by atoms with Gasteiger partial charge in [0.05, 0.1) is 6.20 Å². The predicted octanol–water partition coefficient (Wildman–Crippen LogP) is 3.52. The second-order valence-corrected chi connectivity index (χ2v) is 5.65. The van der Waals surface area contributed by atoms with Gasteiger partial charge in [0.1, 0.15) is 0 Å². The summed E-state index contributed by atoms with van der Waals surface area (Å²) >= 11 is 0. The third-order valence-electron chi connectivity index (χ3n) is 3.98. The Kier molecular flexibility index (Phi) is 3.38. The lowest BCUT2D eigenvalue weighted by Gasteiger charge is -2.23. The van der Waals surface area contributed by atoms with Crippen LogP contribution in [0.2, 0.25) is 0 Å². The summed E-state index contributed by atoms with van der Waals surface area (Å²) in [5.74, 6) is 0.789. The molecule has 1 aromatic carbocycles. The number of hydrogen-bond donors (Lipinski definition) is 2. The van der Waals surface area contributed by atoms with Crippen molar-refractivity contribution in [3.63, 3.8) is 0 Å². The molecule has 1 saturated carbocycles. The Balaban J connectivity index is 1.76. The SMILES string of the molecule is Cc1ccc(C(NC(C)c2cn[nH]c2)C2CC2)cc1. The van der Waals surface area contributed by atoms with Crippen molar-refractivity contribution in [1.29, 1.82) is 0 Å². The third-order valence-corrected chi connectivity index (χ3v) is 3.98. The smallest absolute Gasteiger partial charge is 0.0534 e. The summed E-state index contributed by atoms with van der Waals surface area (Å²) in [6.45, 7) is 4.34. The summed E-state index contributed by atoms with van der Waals surface area (Å²) in [7, 11) is 0. The predicted molar refractivity (Wildman–Crippen MR) is 76.8 cm³/mol. The van der Waals surface area contributed by atoms with Crippen LogP contribution >= 0.6 is 0 Å². The maximum absolute atomic E-state index is 4.03. The number of nitrogens with one attached hydrogen (secondary N) is 2. The average molecular weight is 255 g/mol. The van der Waals surface area contributed by atoms with Crippen molar-refractivity contribution in [2.45, 2.75) is 38.8 Å². The highest BCUT2D eigenvalue weighted by atomic mass is 15.1. The molecule has 1 fully saturated rings. The normalized spacial score (nSPS) is 18.2. The van der Waals surface area contributed by atoms with Crippen LogP contribution < -0.4 is 5.32 Å². The summed E-state index contributed by atoms with van der Waals surface area (Å²) in [6, 6.07) is 9.71. The molecule has 0 saturated heterocycles. The van der Waals surface area contributed by atoms with Crippen LogP contribution in [-0.4, -0.2) is 10.2 Å². The van der Waals surface area contributed by atoms with Gasteiger partial charge in [-0.05, 0) is 38.2 Å². The molecule has 2 aromatic rings.